The molecule has 1 saturated heterocycles. The molecule has 1 heterocycles. The summed E-state index contributed by atoms with van der Waals surface area (Å²) in [4.78, 5) is 35.4. The van der Waals surface area contributed by atoms with E-state index in [0.29, 0.717) is 13.0 Å². The highest BCUT2D eigenvalue weighted by atomic mass is 16.4. The van der Waals surface area contributed by atoms with Gasteiger partial charge in [-0.25, -0.2) is 0 Å². The van der Waals surface area contributed by atoms with Crippen molar-refractivity contribution in [2.75, 3.05) is 6.54 Å². The van der Waals surface area contributed by atoms with Gasteiger partial charge in [-0.3, -0.25) is 14.4 Å². The maximum absolute atomic E-state index is 12.4. The van der Waals surface area contributed by atoms with Crippen LogP contribution in [0.1, 0.15) is 19.3 Å². The summed E-state index contributed by atoms with van der Waals surface area (Å²) in [5.74, 6) is -2.64. The highest BCUT2D eigenvalue weighted by Gasteiger charge is 2.52. The topological polar surface area (TPSA) is 95.5 Å². The zero-order valence-corrected chi connectivity index (χ0v) is 11.0. The minimum Gasteiger partial charge on any atom is -0.481 e. The van der Waals surface area contributed by atoms with Crippen LogP contribution in [0.3, 0.4) is 0 Å². The minimum atomic E-state index is -0.921. The van der Waals surface area contributed by atoms with Crippen LogP contribution in [-0.4, -0.2) is 35.5 Å². The smallest absolute Gasteiger partial charge is 0.307 e. The fraction of sp³-hybridized carbons (Fsp3) is 0.643. The van der Waals surface area contributed by atoms with Gasteiger partial charge in [0, 0.05) is 6.54 Å². The Bertz CT molecular complexity index is 488. The second-order valence-corrected chi connectivity index (χ2v) is 5.83. The summed E-state index contributed by atoms with van der Waals surface area (Å²) in [6.45, 7) is 0.639. The second kappa shape index (κ2) is 4.92. The molecule has 6 heteroatoms. The third-order valence-corrected chi connectivity index (χ3v) is 4.65. The number of carboxylic acid groups (broad SMARTS) is 1. The SMILES string of the molecule is O=C1NCCCC1NC(=O)C1C2C=CC(C2)C1C(=O)O. The number of carbonyl (C=O) groups excluding carboxylic acids is 2. The molecule has 5 unspecified atom stereocenters. The molecule has 108 valence electrons. The Morgan fingerprint density at radius 2 is 1.95 bits per heavy atom. The zero-order chi connectivity index (χ0) is 14.3. The molecule has 3 N–H and O–H groups in total. The van der Waals surface area contributed by atoms with Crippen LogP contribution in [0.5, 0.6) is 0 Å². The molecule has 0 aromatic heterocycles. The summed E-state index contributed by atoms with van der Waals surface area (Å²) in [6.07, 6.45) is 6.02. The number of fused-ring (bicyclic) bond motifs is 2. The lowest BCUT2D eigenvalue weighted by atomic mass is 9.82. The molecule has 2 fully saturated rings. The van der Waals surface area contributed by atoms with E-state index >= 15 is 0 Å². The molecule has 5 atom stereocenters. The number of amides is 2. The molecule has 1 saturated carbocycles. The first kappa shape index (κ1) is 13.1. The Morgan fingerprint density at radius 1 is 1.25 bits per heavy atom. The number of hydrogen-bond acceptors (Lipinski definition) is 3. The molecule has 0 aromatic rings. The molecule has 0 spiro atoms. The molecular formula is C14H18N2O4. The number of aliphatic carboxylic acids is 1. The molecule has 3 rings (SSSR count). The second-order valence-electron chi connectivity index (χ2n) is 5.83. The van der Waals surface area contributed by atoms with E-state index in [9.17, 15) is 19.5 Å². The minimum absolute atomic E-state index is 0.00671. The Morgan fingerprint density at radius 3 is 2.60 bits per heavy atom. The van der Waals surface area contributed by atoms with Crippen molar-refractivity contribution >= 4 is 17.8 Å². The average molecular weight is 278 g/mol. The van der Waals surface area contributed by atoms with Gasteiger partial charge in [0.25, 0.3) is 0 Å². The number of carboxylic acids is 1. The highest BCUT2D eigenvalue weighted by molar-refractivity contribution is 5.91. The van der Waals surface area contributed by atoms with Crippen molar-refractivity contribution in [2.45, 2.75) is 25.3 Å². The van der Waals surface area contributed by atoms with Crippen LogP contribution in [0.4, 0.5) is 0 Å². The quantitative estimate of drug-likeness (QED) is 0.628. The van der Waals surface area contributed by atoms with Gasteiger partial charge < -0.3 is 15.7 Å². The van der Waals surface area contributed by atoms with Crippen molar-refractivity contribution in [1.29, 1.82) is 0 Å². The molecule has 2 amide bonds. The molecule has 20 heavy (non-hydrogen) atoms. The third kappa shape index (κ3) is 2.09. The van der Waals surface area contributed by atoms with Crippen LogP contribution >= 0.6 is 0 Å². The molecule has 0 radical (unpaired) electrons. The third-order valence-electron chi connectivity index (χ3n) is 4.65. The summed E-state index contributed by atoms with van der Waals surface area (Å²) in [6, 6.07) is -0.520. The fourth-order valence-corrected chi connectivity index (χ4v) is 3.69. The van der Waals surface area contributed by atoms with Crippen LogP contribution in [0, 0.1) is 23.7 Å². The van der Waals surface area contributed by atoms with E-state index in [0.717, 1.165) is 12.8 Å². The lowest BCUT2D eigenvalue weighted by Crippen LogP contribution is -2.53. The number of nitrogens with one attached hydrogen (secondary N) is 2. The van der Waals surface area contributed by atoms with E-state index in [2.05, 4.69) is 10.6 Å². The molecule has 2 bridgehead atoms. The van der Waals surface area contributed by atoms with Crippen molar-refractivity contribution in [3.63, 3.8) is 0 Å². The van der Waals surface area contributed by atoms with Crippen molar-refractivity contribution < 1.29 is 19.5 Å². The first-order chi connectivity index (χ1) is 9.58. The number of piperidine rings is 1. The molecule has 6 nitrogen and oxygen atoms in total. The standard InChI is InChI=1S/C14H18N2O4/c17-12-9(2-1-5-15-12)16-13(18)10-7-3-4-8(6-7)11(10)14(19)20/h3-4,7-11H,1-2,5-6H2,(H,15,17)(H,16,18)(H,19,20). The van der Waals surface area contributed by atoms with Gasteiger partial charge in [0.2, 0.25) is 11.8 Å². The Labute approximate surface area is 116 Å². The van der Waals surface area contributed by atoms with Gasteiger partial charge >= 0.3 is 5.97 Å². The van der Waals surface area contributed by atoms with Crippen LogP contribution in [-0.2, 0) is 14.4 Å². The summed E-state index contributed by atoms with van der Waals surface area (Å²) in [5.41, 5.74) is 0. The van der Waals surface area contributed by atoms with Gasteiger partial charge in [-0.2, -0.15) is 0 Å². The van der Waals surface area contributed by atoms with E-state index in [1.54, 1.807) is 0 Å². The van der Waals surface area contributed by atoms with Gasteiger partial charge in [-0.1, -0.05) is 12.2 Å². The van der Waals surface area contributed by atoms with Crippen molar-refractivity contribution in [3.05, 3.63) is 12.2 Å². The van der Waals surface area contributed by atoms with E-state index in [-0.39, 0.29) is 23.7 Å². The lowest BCUT2D eigenvalue weighted by molar-refractivity contribution is -0.148. The maximum atomic E-state index is 12.4. The van der Waals surface area contributed by atoms with Gasteiger partial charge in [0.05, 0.1) is 11.8 Å². The van der Waals surface area contributed by atoms with Crippen LogP contribution in [0.25, 0.3) is 0 Å². The normalized spacial score (nSPS) is 38.6. The monoisotopic (exact) mass is 278 g/mol. The molecule has 1 aliphatic heterocycles. The fourth-order valence-electron chi connectivity index (χ4n) is 3.69. The van der Waals surface area contributed by atoms with Crippen molar-refractivity contribution in [2.24, 2.45) is 23.7 Å². The maximum Gasteiger partial charge on any atom is 0.307 e. The molecule has 0 aromatic carbocycles. The number of carbonyl (C=O) groups is 3. The predicted octanol–water partition coefficient (Wildman–Crippen LogP) is -0.0959. The van der Waals surface area contributed by atoms with Gasteiger partial charge in [-0.05, 0) is 31.1 Å². The molecule has 2 aliphatic carbocycles. The van der Waals surface area contributed by atoms with E-state index in [1.807, 2.05) is 12.2 Å². The van der Waals surface area contributed by atoms with E-state index < -0.39 is 23.8 Å². The summed E-state index contributed by atoms with van der Waals surface area (Å²) in [7, 11) is 0. The Hall–Kier alpha value is -1.85. The largest absolute Gasteiger partial charge is 0.481 e. The highest BCUT2D eigenvalue weighted by Crippen LogP contribution is 2.48. The number of rotatable bonds is 3. The van der Waals surface area contributed by atoms with E-state index in [4.69, 9.17) is 0 Å². The van der Waals surface area contributed by atoms with E-state index in [1.165, 1.54) is 0 Å². The molecular weight excluding hydrogens is 260 g/mol. The average Bonchev–Trinajstić information content (AvgIpc) is 3.01. The summed E-state index contributed by atoms with van der Waals surface area (Å²) >= 11 is 0. The van der Waals surface area contributed by atoms with Gasteiger partial charge in [-0.15, -0.1) is 0 Å². The Balaban J connectivity index is 1.71. The van der Waals surface area contributed by atoms with Crippen LogP contribution < -0.4 is 10.6 Å². The first-order valence-electron chi connectivity index (χ1n) is 7.07. The lowest BCUT2D eigenvalue weighted by Gasteiger charge is -2.28. The Kier molecular flexibility index (Phi) is 3.23. The summed E-state index contributed by atoms with van der Waals surface area (Å²) in [5, 5.41) is 14.8. The van der Waals surface area contributed by atoms with Gasteiger partial charge in [0.1, 0.15) is 6.04 Å². The number of allylic oxidation sites excluding steroid dienone is 2. The molecule has 3 aliphatic rings. The van der Waals surface area contributed by atoms with Crippen molar-refractivity contribution in [1.82, 2.24) is 10.6 Å². The van der Waals surface area contributed by atoms with Crippen LogP contribution in [0.2, 0.25) is 0 Å². The number of hydrogen-bond donors (Lipinski definition) is 3. The van der Waals surface area contributed by atoms with Gasteiger partial charge in [0.15, 0.2) is 0 Å². The van der Waals surface area contributed by atoms with Crippen LogP contribution in [0.15, 0.2) is 12.2 Å². The van der Waals surface area contributed by atoms with Crippen molar-refractivity contribution in [3.8, 4) is 0 Å². The summed E-state index contributed by atoms with van der Waals surface area (Å²) < 4.78 is 0. The predicted molar refractivity (Wildman–Crippen MR) is 69.5 cm³/mol. The zero-order valence-electron chi connectivity index (χ0n) is 11.0. The first-order valence-corrected chi connectivity index (χ1v) is 7.07.